The number of pyridine rings is 1. The van der Waals surface area contributed by atoms with E-state index in [4.69, 9.17) is 14.5 Å². The van der Waals surface area contributed by atoms with E-state index >= 15 is 4.39 Å². The normalized spacial score (nSPS) is 21.3. The van der Waals surface area contributed by atoms with Crippen molar-refractivity contribution in [2.75, 3.05) is 31.2 Å². The van der Waals surface area contributed by atoms with Crippen molar-refractivity contribution >= 4 is 11.9 Å². The van der Waals surface area contributed by atoms with Gasteiger partial charge in [-0.1, -0.05) is 26.0 Å². The lowest BCUT2D eigenvalue weighted by Gasteiger charge is -2.41. The SMILES string of the molecule is CCOC(=O)COc1cnc(N2CCC(c3nc4c(c(C5CCC(F)(F)CC5)c3[C@@H](F)c3ccc(C(F)(F)F)cc3)[C@@H](O)CC(C)(C)C4)CC2)nc1. The second kappa shape index (κ2) is 14.8. The van der Waals surface area contributed by atoms with Gasteiger partial charge in [0.05, 0.1) is 36.4 Å². The van der Waals surface area contributed by atoms with E-state index in [1.165, 1.54) is 12.4 Å². The summed E-state index contributed by atoms with van der Waals surface area (Å²) >= 11 is 0. The fraction of sp³-hybridized carbons (Fsp3) is 0.579. The molecule has 3 aromatic rings. The van der Waals surface area contributed by atoms with Crippen LogP contribution in [0.5, 0.6) is 5.75 Å². The lowest BCUT2D eigenvalue weighted by Crippen LogP contribution is -2.36. The lowest BCUT2D eigenvalue weighted by molar-refractivity contribution is -0.145. The first-order valence-electron chi connectivity index (χ1n) is 17.8. The molecule has 1 aliphatic heterocycles. The predicted molar refractivity (Wildman–Crippen MR) is 180 cm³/mol. The molecule has 1 aromatic carbocycles. The van der Waals surface area contributed by atoms with E-state index in [9.17, 15) is 31.9 Å². The van der Waals surface area contributed by atoms with Gasteiger partial charge < -0.3 is 19.5 Å². The molecule has 0 amide bonds. The third-order valence-corrected chi connectivity index (χ3v) is 10.5. The molecule has 2 atom stereocenters. The maximum absolute atomic E-state index is 17.2. The highest BCUT2D eigenvalue weighted by Crippen LogP contribution is 2.52. The molecular formula is C38H44F6N4O4. The van der Waals surface area contributed by atoms with Crippen LogP contribution in [0.25, 0.3) is 0 Å². The fourth-order valence-corrected chi connectivity index (χ4v) is 7.96. The molecule has 0 unspecified atom stereocenters. The van der Waals surface area contributed by atoms with Crippen LogP contribution in [0, 0.1) is 5.41 Å². The van der Waals surface area contributed by atoms with E-state index < -0.39 is 41.8 Å². The summed E-state index contributed by atoms with van der Waals surface area (Å²) in [6.45, 7) is 6.63. The molecule has 8 nitrogen and oxygen atoms in total. The number of carbonyl (C=O) groups excluding carboxylic acids is 1. The van der Waals surface area contributed by atoms with E-state index in [0.29, 0.717) is 73.0 Å². The summed E-state index contributed by atoms with van der Waals surface area (Å²) < 4.78 is 96.8. The zero-order valence-corrected chi connectivity index (χ0v) is 29.5. The summed E-state index contributed by atoms with van der Waals surface area (Å²) in [5.41, 5.74) is 1.02. The molecule has 0 spiro atoms. The topological polar surface area (TPSA) is 97.7 Å². The minimum Gasteiger partial charge on any atom is -0.479 e. The maximum atomic E-state index is 17.2. The van der Waals surface area contributed by atoms with Crippen molar-refractivity contribution in [1.29, 1.82) is 0 Å². The van der Waals surface area contributed by atoms with Crippen LogP contribution >= 0.6 is 0 Å². The van der Waals surface area contributed by atoms with Gasteiger partial charge in [-0.05, 0) is 80.0 Å². The number of halogens is 6. The number of hydrogen-bond donors (Lipinski definition) is 1. The van der Waals surface area contributed by atoms with Crippen LogP contribution in [0.15, 0.2) is 36.7 Å². The van der Waals surface area contributed by atoms with Crippen LogP contribution in [0.3, 0.4) is 0 Å². The number of rotatable bonds is 9. The molecule has 0 bridgehead atoms. The molecule has 14 heteroatoms. The number of anilines is 1. The molecule has 3 aliphatic rings. The molecule has 282 valence electrons. The Kier molecular flexibility index (Phi) is 10.8. The smallest absolute Gasteiger partial charge is 0.416 e. The highest BCUT2D eigenvalue weighted by Gasteiger charge is 2.44. The summed E-state index contributed by atoms with van der Waals surface area (Å²) in [6, 6.07) is 3.93. The fourth-order valence-electron chi connectivity index (χ4n) is 7.96. The average Bonchev–Trinajstić information content (AvgIpc) is 3.09. The molecule has 2 fully saturated rings. The van der Waals surface area contributed by atoms with Crippen LogP contribution in [-0.2, 0) is 22.1 Å². The van der Waals surface area contributed by atoms with Gasteiger partial charge in [0.15, 0.2) is 18.5 Å². The van der Waals surface area contributed by atoms with Gasteiger partial charge in [-0.15, -0.1) is 0 Å². The van der Waals surface area contributed by atoms with Crippen LogP contribution < -0.4 is 9.64 Å². The Morgan fingerprint density at radius 3 is 2.23 bits per heavy atom. The summed E-state index contributed by atoms with van der Waals surface area (Å²) in [6.07, 6.45) is -3.29. The summed E-state index contributed by atoms with van der Waals surface area (Å²) in [5.74, 6) is -3.39. The van der Waals surface area contributed by atoms with Crippen LogP contribution in [0.2, 0.25) is 0 Å². The Hall–Kier alpha value is -3.94. The first kappa shape index (κ1) is 37.8. The Morgan fingerprint density at radius 1 is 1.00 bits per heavy atom. The van der Waals surface area contributed by atoms with Gasteiger partial charge in [-0.3, -0.25) is 4.98 Å². The zero-order chi connectivity index (χ0) is 37.4. The minimum absolute atomic E-state index is 0.000111. The number of alkyl halides is 6. The second-order valence-corrected chi connectivity index (χ2v) is 14.9. The number of benzene rings is 1. The number of carbonyl (C=O) groups is 1. The number of ether oxygens (including phenoxy) is 2. The Bertz CT molecular complexity index is 1720. The molecule has 1 saturated heterocycles. The van der Waals surface area contributed by atoms with Crippen molar-refractivity contribution < 1.29 is 45.7 Å². The summed E-state index contributed by atoms with van der Waals surface area (Å²) in [7, 11) is 0. The van der Waals surface area contributed by atoms with Crippen LogP contribution in [0.1, 0.15) is 129 Å². The first-order valence-corrected chi connectivity index (χ1v) is 17.8. The van der Waals surface area contributed by atoms with Gasteiger partial charge in [-0.2, -0.15) is 13.2 Å². The second-order valence-electron chi connectivity index (χ2n) is 14.9. The molecule has 0 radical (unpaired) electrons. The molecule has 1 saturated carbocycles. The van der Waals surface area contributed by atoms with E-state index in [-0.39, 0.29) is 61.4 Å². The van der Waals surface area contributed by atoms with Gasteiger partial charge in [0.2, 0.25) is 11.9 Å². The number of fused-ring (bicyclic) bond motifs is 1. The third kappa shape index (κ3) is 8.31. The van der Waals surface area contributed by atoms with E-state index in [0.717, 1.165) is 24.3 Å². The zero-order valence-electron chi connectivity index (χ0n) is 29.5. The maximum Gasteiger partial charge on any atom is 0.416 e. The van der Waals surface area contributed by atoms with Crippen LogP contribution in [0.4, 0.5) is 32.3 Å². The Morgan fingerprint density at radius 2 is 1.63 bits per heavy atom. The van der Waals surface area contributed by atoms with Crippen molar-refractivity contribution in [3.05, 3.63) is 75.9 Å². The number of aromatic nitrogens is 3. The number of hydrogen-bond acceptors (Lipinski definition) is 8. The number of aliphatic hydroxyl groups is 1. The van der Waals surface area contributed by atoms with Crippen LogP contribution in [-0.4, -0.2) is 58.3 Å². The minimum atomic E-state index is -4.61. The number of aliphatic hydroxyl groups excluding tert-OH is 1. The van der Waals surface area contributed by atoms with Gasteiger partial charge in [-0.25, -0.2) is 27.9 Å². The van der Waals surface area contributed by atoms with Gasteiger partial charge in [0.25, 0.3) is 0 Å². The predicted octanol–water partition coefficient (Wildman–Crippen LogP) is 8.57. The molecule has 6 rings (SSSR count). The standard InChI is InChI=1S/C38H44F6N4O4/c1-4-51-29(50)21-52-26-19-45-35(46-20-26)48-15-11-24(12-16-48)34-32(33(39)23-5-7-25(8-6-23)38(42,43)44)30(22-9-13-37(40,41)14-10-22)31-27(47-34)17-36(2,3)18-28(31)49/h5-8,19-20,22,24,28,33,49H,4,9-18,21H2,1-3H3/t28-,33-/m0/s1. The molecule has 2 aromatic heterocycles. The van der Waals surface area contributed by atoms with Gasteiger partial charge in [0.1, 0.15) is 0 Å². The highest BCUT2D eigenvalue weighted by molar-refractivity contribution is 5.71. The number of piperidine rings is 1. The van der Waals surface area contributed by atoms with Crippen molar-refractivity contribution in [2.45, 2.75) is 108 Å². The largest absolute Gasteiger partial charge is 0.479 e. The molecule has 2 aliphatic carbocycles. The quantitative estimate of drug-likeness (QED) is 0.173. The monoisotopic (exact) mass is 734 g/mol. The Labute approximate surface area is 299 Å². The van der Waals surface area contributed by atoms with Gasteiger partial charge in [0, 0.05) is 48.7 Å². The van der Waals surface area contributed by atoms with Crippen molar-refractivity contribution in [3.63, 3.8) is 0 Å². The third-order valence-electron chi connectivity index (χ3n) is 10.5. The number of esters is 1. The Balaban J connectivity index is 1.36. The molecular weight excluding hydrogens is 690 g/mol. The lowest BCUT2D eigenvalue weighted by atomic mass is 9.68. The number of nitrogens with zero attached hydrogens (tertiary/aromatic N) is 4. The van der Waals surface area contributed by atoms with Gasteiger partial charge >= 0.3 is 12.1 Å². The van der Waals surface area contributed by atoms with E-state index in [2.05, 4.69) is 9.97 Å². The van der Waals surface area contributed by atoms with E-state index in [1.54, 1.807) is 6.92 Å². The average molecular weight is 735 g/mol. The summed E-state index contributed by atoms with van der Waals surface area (Å²) in [4.78, 5) is 27.5. The molecule has 52 heavy (non-hydrogen) atoms. The molecule has 3 heterocycles. The van der Waals surface area contributed by atoms with E-state index in [1.807, 2.05) is 18.7 Å². The molecule has 1 N–H and O–H groups in total. The highest BCUT2D eigenvalue weighted by atomic mass is 19.4. The summed E-state index contributed by atoms with van der Waals surface area (Å²) in [5, 5.41) is 11.6. The first-order chi connectivity index (χ1) is 24.5. The van der Waals surface area contributed by atoms with Crippen molar-refractivity contribution in [2.24, 2.45) is 5.41 Å². The van der Waals surface area contributed by atoms with Crippen molar-refractivity contribution in [1.82, 2.24) is 15.0 Å². The van der Waals surface area contributed by atoms with Crippen molar-refractivity contribution in [3.8, 4) is 5.75 Å².